The van der Waals surface area contributed by atoms with E-state index in [1.54, 1.807) is 6.07 Å². The van der Waals surface area contributed by atoms with Crippen molar-refractivity contribution in [1.29, 1.82) is 0 Å². The first-order valence-electron chi connectivity index (χ1n) is 6.85. The minimum atomic E-state index is -3.42. The standard InChI is InChI=1S/C14H22N2O5S.ClH/c1-15-8-4-5-9-21-13-7-6-11(16-22(3,18)19)10-12(13)14(17)20-2;/h6-7,10,15-16H,4-5,8-9H2,1-3H3;1H. The van der Waals surface area contributed by atoms with Crippen LogP contribution >= 0.6 is 12.4 Å². The van der Waals surface area contributed by atoms with Gasteiger partial charge in [-0.3, -0.25) is 4.72 Å². The summed E-state index contributed by atoms with van der Waals surface area (Å²) < 4.78 is 35.1. The minimum absolute atomic E-state index is 0. The fourth-order valence-electron chi connectivity index (χ4n) is 1.79. The van der Waals surface area contributed by atoms with Gasteiger partial charge in [0, 0.05) is 5.69 Å². The maximum absolute atomic E-state index is 11.8. The molecule has 1 rings (SSSR count). The van der Waals surface area contributed by atoms with Crippen molar-refractivity contribution < 1.29 is 22.7 Å². The van der Waals surface area contributed by atoms with Crippen LogP contribution in [-0.4, -0.2) is 48.0 Å². The molecule has 0 spiro atoms. The highest BCUT2D eigenvalue weighted by atomic mass is 35.5. The molecule has 0 aliphatic carbocycles. The van der Waals surface area contributed by atoms with Crippen molar-refractivity contribution in [2.45, 2.75) is 12.8 Å². The second-order valence-electron chi connectivity index (χ2n) is 4.74. The van der Waals surface area contributed by atoms with E-state index in [2.05, 4.69) is 10.0 Å². The van der Waals surface area contributed by atoms with Gasteiger partial charge in [-0.05, 0) is 44.6 Å². The fourth-order valence-corrected chi connectivity index (χ4v) is 2.34. The Labute approximate surface area is 143 Å². The molecule has 0 unspecified atom stereocenters. The molecule has 0 heterocycles. The Morgan fingerprint density at radius 2 is 1.96 bits per heavy atom. The molecule has 1 aromatic carbocycles. The van der Waals surface area contributed by atoms with Crippen molar-refractivity contribution in [3.05, 3.63) is 23.8 Å². The summed E-state index contributed by atoms with van der Waals surface area (Å²) in [5.74, 6) is -0.210. The van der Waals surface area contributed by atoms with E-state index in [1.807, 2.05) is 7.05 Å². The molecular weight excluding hydrogens is 344 g/mol. The molecule has 0 atom stereocenters. The third kappa shape index (κ3) is 8.06. The van der Waals surface area contributed by atoms with Crippen LogP contribution in [0.2, 0.25) is 0 Å². The van der Waals surface area contributed by atoms with Crippen molar-refractivity contribution in [2.24, 2.45) is 0 Å². The summed E-state index contributed by atoms with van der Waals surface area (Å²) in [6.45, 7) is 1.36. The number of nitrogens with one attached hydrogen (secondary N) is 2. The van der Waals surface area contributed by atoms with Crippen LogP contribution < -0.4 is 14.8 Å². The lowest BCUT2D eigenvalue weighted by atomic mass is 10.2. The van der Waals surface area contributed by atoms with Crippen molar-refractivity contribution in [3.8, 4) is 5.75 Å². The lowest BCUT2D eigenvalue weighted by molar-refractivity contribution is 0.0596. The van der Waals surface area contributed by atoms with Gasteiger partial charge >= 0.3 is 5.97 Å². The number of rotatable bonds is 9. The molecule has 0 saturated carbocycles. The van der Waals surface area contributed by atoms with Crippen LogP contribution in [0.5, 0.6) is 5.75 Å². The molecule has 23 heavy (non-hydrogen) atoms. The number of esters is 1. The van der Waals surface area contributed by atoms with Gasteiger partial charge < -0.3 is 14.8 Å². The summed E-state index contributed by atoms with van der Waals surface area (Å²) in [4.78, 5) is 11.8. The third-order valence-corrected chi connectivity index (χ3v) is 3.37. The number of unbranched alkanes of at least 4 members (excludes halogenated alkanes) is 1. The fraction of sp³-hybridized carbons (Fsp3) is 0.500. The summed E-state index contributed by atoms with van der Waals surface area (Å²) in [7, 11) is -0.278. The molecule has 0 bridgehead atoms. The quantitative estimate of drug-likeness (QED) is 0.509. The van der Waals surface area contributed by atoms with Crippen LogP contribution in [-0.2, 0) is 14.8 Å². The molecule has 9 heteroatoms. The van der Waals surface area contributed by atoms with Crippen LogP contribution in [0.4, 0.5) is 5.69 Å². The van der Waals surface area contributed by atoms with Crippen molar-refractivity contribution in [1.82, 2.24) is 5.32 Å². The van der Waals surface area contributed by atoms with E-state index in [9.17, 15) is 13.2 Å². The number of hydrogen-bond acceptors (Lipinski definition) is 6. The van der Waals surface area contributed by atoms with Gasteiger partial charge in [-0.2, -0.15) is 0 Å². The van der Waals surface area contributed by atoms with Gasteiger partial charge in [0.25, 0.3) is 0 Å². The van der Waals surface area contributed by atoms with E-state index in [0.717, 1.165) is 25.6 Å². The maximum atomic E-state index is 11.8. The molecule has 0 fully saturated rings. The van der Waals surface area contributed by atoms with E-state index in [1.165, 1.54) is 19.2 Å². The zero-order valence-electron chi connectivity index (χ0n) is 13.4. The SMILES string of the molecule is CNCCCCOc1ccc(NS(C)(=O)=O)cc1C(=O)OC.Cl. The Morgan fingerprint density at radius 1 is 1.26 bits per heavy atom. The van der Waals surface area contributed by atoms with Crippen LogP contribution in [0, 0.1) is 0 Å². The second-order valence-corrected chi connectivity index (χ2v) is 6.48. The molecule has 0 aliphatic rings. The Hall–Kier alpha value is -1.51. The Balaban J connectivity index is 0.00000484. The van der Waals surface area contributed by atoms with Gasteiger partial charge in [0.15, 0.2) is 0 Å². The summed E-state index contributed by atoms with van der Waals surface area (Å²) >= 11 is 0. The Morgan fingerprint density at radius 3 is 2.52 bits per heavy atom. The number of sulfonamides is 1. The number of ether oxygens (including phenoxy) is 2. The number of carbonyl (C=O) groups excluding carboxylic acids is 1. The van der Waals surface area contributed by atoms with Gasteiger partial charge in [0.05, 0.1) is 20.0 Å². The number of methoxy groups -OCH3 is 1. The van der Waals surface area contributed by atoms with Crippen LogP contribution in [0.25, 0.3) is 0 Å². The van der Waals surface area contributed by atoms with E-state index in [4.69, 9.17) is 9.47 Å². The number of carbonyl (C=O) groups is 1. The number of anilines is 1. The molecular formula is C14H23ClN2O5S. The summed E-state index contributed by atoms with van der Waals surface area (Å²) in [6, 6.07) is 4.49. The average Bonchev–Trinajstić information content (AvgIpc) is 2.45. The van der Waals surface area contributed by atoms with Crippen LogP contribution in [0.1, 0.15) is 23.2 Å². The van der Waals surface area contributed by atoms with Gasteiger partial charge in [-0.1, -0.05) is 0 Å². The van der Waals surface area contributed by atoms with Crippen molar-refractivity contribution in [2.75, 3.05) is 38.3 Å². The molecule has 1 aromatic rings. The Bertz CT molecular complexity index is 607. The minimum Gasteiger partial charge on any atom is -0.493 e. The van der Waals surface area contributed by atoms with Gasteiger partial charge in [0.1, 0.15) is 11.3 Å². The second kappa shape index (κ2) is 10.3. The largest absolute Gasteiger partial charge is 0.493 e. The third-order valence-electron chi connectivity index (χ3n) is 2.77. The maximum Gasteiger partial charge on any atom is 0.341 e. The highest BCUT2D eigenvalue weighted by Gasteiger charge is 2.15. The molecule has 0 radical (unpaired) electrons. The predicted molar refractivity (Wildman–Crippen MR) is 92.2 cm³/mol. The summed E-state index contributed by atoms with van der Waals surface area (Å²) in [6.07, 6.45) is 2.83. The molecule has 2 N–H and O–H groups in total. The zero-order valence-corrected chi connectivity index (χ0v) is 15.1. The Kier molecular flexibility index (Phi) is 9.62. The monoisotopic (exact) mass is 366 g/mol. The smallest absolute Gasteiger partial charge is 0.341 e. The van der Waals surface area contributed by atoms with E-state index >= 15 is 0 Å². The lowest BCUT2D eigenvalue weighted by Crippen LogP contribution is -2.12. The zero-order chi connectivity index (χ0) is 16.6. The number of benzene rings is 1. The topological polar surface area (TPSA) is 93.7 Å². The number of halogens is 1. The first kappa shape index (κ1) is 21.5. The average molecular weight is 367 g/mol. The van der Waals surface area contributed by atoms with Crippen molar-refractivity contribution >= 4 is 34.1 Å². The molecule has 0 amide bonds. The highest BCUT2D eigenvalue weighted by Crippen LogP contribution is 2.24. The normalized spacial score (nSPS) is 10.6. The van der Waals surface area contributed by atoms with E-state index in [-0.39, 0.29) is 23.7 Å². The summed E-state index contributed by atoms with van der Waals surface area (Å²) in [5, 5.41) is 3.04. The first-order chi connectivity index (χ1) is 10.4. The first-order valence-corrected chi connectivity index (χ1v) is 8.74. The molecule has 132 valence electrons. The summed E-state index contributed by atoms with van der Waals surface area (Å²) in [5.41, 5.74) is 0.468. The number of hydrogen-bond donors (Lipinski definition) is 2. The van der Waals surface area contributed by atoms with Crippen molar-refractivity contribution in [3.63, 3.8) is 0 Å². The molecule has 0 aromatic heterocycles. The van der Waals surface area contributed by atoms with E-state index < -0.39 is 16.0 Å². The lowest BCUT2D eigenvalue weighted by Gasteiger charge is -2.12. The van der Waals surface area contributed by atoms with Gasteiger partial charge in [-0.15, -0.1) is 12.4 Å². The molecule has 7 nitrogen and oxygen atoms in total. The van der Waals surface area contributed by atoms with Crippen LogP contribution in [0.3, 0.4) is 0 Å². The predicted octanol–water partition coefficient (Wildman–Crippen LogP) is 1.64. The van der Waals surface area contributed by atoms with Gasteiger partial charge in [-0.25, -0.2) is 13.2 Å². The van der Waals surface area contributed by atoms with Gasteiger partial charge in [0.2, 0.25) is 10.0 Å². The van der Waals surface area contributed by atoms with Crippen LogP contribution in [0.15, 0.2) is 18.2 Å². The highest BCUT2D eigenvalue weighted by molar-refractivity contribution is 7.92. The molecule has 0 aliphatic heterocycles. The van der Waals surface area contributed by atoms with E-state index in [0.29, 0.717) is 12.4 Å². The molecule has 0 saturated heterocycles.